The highest BCUT2D eigenvalue weighted by Gasteiger charge is 1.98. The van der Waals surface area contributed by atoms with E-state index in [-0.39, 0.29) is 11.8 Å². The van der Waals surface area contributed by atoms with Gasteiger partial charge in [-0.05, 0) is 30.9 Å². The van der Waals surface area contributed by atoms with Crippen LogP contribution in [-0.4, -0.2) is 11.8 Å². The fourth-order valence-corrected chi connectivity index (χ4v) is 1.38. The summed E-state index contributed by atoms with van der Waals surface area (Å²) >= 11 is 0. The summed E-state index contributed by atoms with van der Waals surface area (Å²) in [4.78, 5) is 18.4. The molecule has 0 aromatic rings. The molecule has 0 atom stereocenters. The normalized spacial score (nSPS) is 10.4. The molecule has 4 N–H and O–H groups in total. The average molecular weight is 282 g/mol. The lowest BCUT2D eigenvalue weighted by molar-refractivity contribution is -0.116. The van der Waals surface area contributed by atoms with E-state index in [1.54, 1.807) is 0 Å². The van der Waals surface area contributed by atoms with E-state index in [0.29, 0.717) is 0 Å². The van der Waals surface area contributed by atoms with E-state index < -0.39 is 0 Å². The van der Waals surface area contributed by atoms with Crippen molar-refractivity contribution in [2.45, 2.75) is 53.9 Å². The highest BCUT2D eigenvalue weighted by atomic mass is 16.1. The predicted molar refractivity (Wildman–Crippen MR) is 87.0 cm³/mol. The number of hydrogen-bond acceptors (Lipinski definition) is 2. The molecular weight excluding hydrogens is 252 g/mol. The summed E-state index contributed by atoms with van der Waals surface area (Å²) in [6, 6.07) is 0. The second-order valence-electron chi connectivity index (χ2n) is 4.07. The lowest BCUT2D eigenvalue weighted by atomic mass is 9.99. The van der Waals surface area contributed by atoms with Crippen molar-refractivity contribution >= 4 is 11.8 Å². The standard InChI is InChI=1S/C12H20.2C2H5NO/c1-5-9-12(10-6-2)11(7-3)8-4;2*1-2(3)4/h5,7,9H,1,6,8,10H2,2-4H3;2*1H3,(H2,3,4)/b11-7-,12-9-;;. The Morgan fingerprint density at radius 3 is 1.65 bits per heavy atom. The summed E-state index contributed by atoms with van der Waals surface area (Å²) in [7, 11) is 0. The molecule has 0 fully saturated rings. The molecule has 4 heteroatoms. The number of primary amides is 2. The Balaban J connectivity index is -0.000000297. The second kappa shape index (κ2) is 17.2. The summed E-state index contributed by atoms with van der Waals surface area (Å²) in [5.74, 6) is -0.667. The lowest BCUT2D eigenvalue weighted by Crippen LogP contribution is -2.01. The third-order valence-corrected chi connectivity index (χ3v) is 1.98. The molecule has 0 bridgehead atoms. The molecule has 0 unspecified atom stereocenters. The van der Waals surface area contributed by atoms with Gasteiger partial charge in [0.15, 0.2) is 0 Å². The summed E-state index contributed by atoms with van der Waals surface area (Å²) < 4.78 is 0. The topological polar surface area (TPSA) is 86.2 Å². The zero-order valence-corrected chi connectivity index (χ0v) is 13.5. The number of nitrogens with two attached hydrogens (primary N) is 2. The van der Waals surface area contributed by atoms with Crippen molar-refractivity contribution in [1.82, 2.24) is 0 Å². The van der Waals surface area contributed by atoms with Crippen LogP contribution in [0.3, 0.4) is 0 Å². The molecule has 0 rings (SSSR count). The Hall–Kier alpha value is -1.84. The van der Waals surface area contributed by atoms with Crippen LogP contribution < -0.4 is 11.5 Å². The molecule has 0 radical (unpaired) electrons. The molecule has 0 heterocycles. The zero-order valence-electron chi connectivity index (χ0n) is 13.5. The minimum Gasteiger partial charge on any atom is -0.370 e. The van der Waals surface area contributed by atoms with Crippen molar-refractivity contribution in [2.75, 3.05) is 0 Å². The smallest absolute Gasteiger partial charge is 0.214 e. The SMILES string of the molecule is C=C/C=C(CCC)\C(=C/C)CC.CC(N)=O.CC(N)=O. The highest BCUT2D eigenvalue weighted by Crippen LogP contribution is 2.18. The largest absolute Gasteiger partial charge is 0.370 e. The third kappa shape index (κ3) is 25.1. The zero-order chi connectivity index (χ0) is 16.6. The second-order valence-corrected chi connectivity index (χ2v) is 4.07. The quantitative estimate of drug-likeness (QED) is 0.758. The molecule has 2 amide bonds. The fourth-order valence-electron chi connectivity index (χ4n) is 1.38. The van der Waals surface area contributed by atoms with Gasteiger partial charge in [0, 0.05) is 13.8 Å². The van der Waals surface area contributed by atoms with Gasteiger partial charge in [0.05, 0.1) is 0 Å². The maximum absolute atomic E-state index is 9.22. The van der Waals surface area contributed by atoms with E-state index >= 15 is 0 Å². The number of carbonyl (C=O) groups is 2. The maximum Gasteiger partial charge on any atom is 0.214 e. The minimum atomic E-state index is -0.333. The van der Waals surface area contributed by atoms with E-state index in [2.05, 4.69) is 51.0 Å². The van der Waals surface area contributed by atoms with Crippen LogP contribution in [0.2, 0.25) is 0 Å². The van der Waals surface area contributed by atoms with Gasteiger partial charge in [-0.1, -0.05) is 45.1 Å². The van der Waals surface area contributed by atoms with Crippen LogP contribution in [0.4, 0.5) is 0 Å². The van der Waals surface area contributed by atoms with Crippen LogP contribution in [-0.2, 0) is 9.59 Å². The van der Waals surface area contributed by atoms with Gasteiger partial charge in [-0.3, -0.25) is 9.59 Å². The summed E-state index contributed by atoms with van der Waals surface area (Å²) in [5, 5.41) is 0. The molecule has 4 nitrogen and oxygen atoms in total. The lowest BCUT2D eigenvalue weighted by Gasteiger charge is -2.07. The predicted octanol–water partition coefficient (Wildman–Crippen LogP) is 3.24. The van der Waals surface area contributed by atoms with Gasteiger partial charge in [-0.25, -0.2) is 0 Å². The number of hydrogen-bond donors (Lipinski definition) is 2. The summed E-state index contributed by atoms with van der Waals surface area (Å²) in [6.07, 6.45) is 9.70. The van der Waals surface area contributed by atoms with E-state index in [1.165, 1.54) is 37.8 Å². The van der Waals surface area contributed by atoms with Crippen molar-refractivity contribution < 1.29 is 9.59 Å². The van der Waals surface area contributed by atoms with Crippen molar-refractivity contribution in [3.63, 3.8) is 0 Å². The van der Waals surface area contributed by atoms with Crippen LogP contribution >= 0.6 is 0 Å². The fraction of sp³-hybridized carbons (Fsp3) is 0.500. The number of rotatable bonds is 5. The summed E-state index contributed by atoms with van der Waals surface area (Å²) in [6.45, 7) is 12.8. The maximum atomic E-state index is 9.22. The van der Waals surface area contributed by atoms with Crippen LogP contribution in [0.5, 0.6) is 0 Å². The van der Waals surface area contributed by atoms with Crippen LogP contribution in [0.15, 0.2) is 36.0 Å². The first-order chi connectivity index (χ1) is 9.26. The van der Waals surface area contributed by atoms with Gasteiger partial charge in [0.25, 0.3) is 0 Å². The van der Waals surface area contributed by atoms with Crippen molar-refractivity contribution in [2.24, 2.45) is 11.5 Å². The number of allylic oxidation sites excluding steroid dienone is 5. The van der Waals surface area contributed by atoms with Crippen molar-refractivity contribution in [3.05, 3.63) is 36.0 Å². The monoisotopic (exact) mass is 282 g/mol. The molecule has 0 saturated carbocycles. The Bertz CT molecular complexity index is 322. The molecular formula is C16H30N2O2. The molecule has 0 aliphatic heterocycles. The Labute approximate surface area is 123 Å². The number of carbonyl (C=O) groups excluding carboxylic acids is 2. The van der Waals surface area contributed by atoms with E-state index in [1.807, 2.05) is 6.08 Å². The minimum absolute atomic E-state index is 0.333. The van der Waals surface area contributed by atoms with Gasteiger partial charge in [0.1, 0.15) is 0 Å². The molecule has 0 spiro atoms. The molecule has 116 valence electrons. The third-order valence-electron chi connectivity index (χ3n) is 1.98. The van der Waals surface area contributed by atoms with Crippen molar-refractivity contribution in [3.8, 4) is 0 Å². The Kier molecular flexibility index (Phi) is 20.0. The first-order valence-corrected chi connectivity index (χ1v) is 6.75. The average Bonchev–Trinajstić information content (AvgIpc) is 2.29. The van der Waals surface area contributed by atoms with Crippen molar-refractivity contribution in [1.29, 1.82) is 0 Å². The van der Waals surface area contributed by atoms with E-state index in [4.69, 9.17) is 0 Å². The van der Waals surface area contributed by atoms with Gasteiger partial charge < -0.3 is 11.5 Å². The van der Waals surface area contributed by atoms with Gasteiger partial charge in [-0.15, -0.1) is 0 Å². The molecule has 0 aromatic heterocycles. The Morgan fingerprint density at radius 1 is 1.05 bits per heavy atom. The Morgan fingerprint density at radius 2 is 1.45 bits per heavy atom. The highest BCUT2D eigenvalue weighted by molar-refractivity contribution is 5.70. The molecule has 0 aromatic carbocycles. The first kappa shape index (κ1) is 23.3. The van der Waals surface area contributed by atoms with Gasteiger partial charge in [-0.2, -0.15) is 0 Å². The summed E-state index contributed by atoms with van der Waals surface area (Å²) in [5.41, 5.74) is 11.8. The van der Waals surface area contributed by atoms with E-state index in [0.717, 1.165) is 6.42 Å². The molecule has 0 saturated heterocycles. The van der Waals surface area contributed by atoms with Crippen LogP contribution in [0, 0.1) is 0 Å². The molecule has 0 aliphatic rings. The molecule has 0 aliphatic carbocycles. The van der Waals surface area contributed by atoms with Crippen LogP contribution in [0.25, 0.3) is 0 Å². The number of amides is 2. The first-order valence-electron chi connectivity index (χ1n) is 6.75. The molecule has 20 heavy (non-hydrogen) atoms. The van der Waals surface area contributed by atoms with E-state index in [9.17, 15) is 9.59 Å². The van der Waals surface area contributed by atoms with Crippen LogP contribution in [0.1, 0.15) is 53.9 Å². The van der Waals surface area contributed by atoms with Gasteiger partial charge >= 0.3 is 0 Å². The van der Waals surface area contributed by atoms with Gasteiger partial charge in [0.2, 0.25) is 11.8 Å².